The van der Waals surface area contributed by atoms with E-state index in [0.717, 1.165) is 27.8 Å². The predicted octanol–water partition coefficient (Wildman–Crippen LogP) is 4.23. The van der Waals surface area contributed by atoms with Gasteiger partial charge in [0.25, 0.3) is 5.91 Å². The number of pyridine rings is 1. The van der Waals surface area contributed by atoms with Gasteiger partial charge in [0.1, 0.15) is 0 Å². The van der Waals surface area contributed by atoms with Crippen molar-refractivity contribution in [3.8, 4) is 5.69 Å². The Hall–Kier alpha value is -4.26. The summed E-state index contributed by atoms with van der Waals surface area (Å²) in [4.78, 5) is 28.8. The van der Waals surface area contributed by atoms with Gasteiger partial charge >= 0.3 is 5.97 Å². The average Bonchev–Trinajstić information content (AvgIpc) is 3.10. The van der Waals surface area contributed by atoms with Crippen molar-refractivity contribution < 1.29 is 14.3 Å². The number of rotatable bonds is 6. The number of aromatic nitrogens is 3. The average molecular weight is 426 g/mol. The van der Waals surface area contributed by atoms with Crippen molar-refractivity contribution in [2.45, 2.75) is 13.8 Å². The van der Waals surface area contributed by atoms with Crippen LogP contribution < -0.4 is 5.32 Å². The van der Waals surface area contributed by atoms with Gasteiger partial charge in [0.15, 0.2) is 6.61 Å². The van der Waals surface area contributed by atoms with Crippen LogP contribution >= 0.6 is 0 Å². The molecule has 0 aliphatic carbocycles. The van der Waals surface area contributed by atoms with Gasteiger partial charge in [-0.1, -0.05) is 42.5 Å². The summed E-state index contributed by atoms with van der Waals surface area (Å²) < 4.78 is 6.86. The van der Waals surface area contributed by atoms with Gasteiger partial charge in [-0.25, -0.2) is 9.48 Å². The number of anilines is 1. The Morgan fingerprint density at radius 2 is 1.81 bits per heavy atom. The zero-order valence-electron chi connectivity index (χ0n) is 17.8. The zero-order valence-corrected chi connectivity index (χ0v) is 17.8. The molecule has 0 spiro atoms. The van der Waals surface area contributed by atoms with E-state index in [1.165, 1.54) is 6.08 Å². The topological polar surface area (TPSA) is 86.1 Å². The van der Waals surface area contributed by atoms with Crippen LogP contribution in [0.3, 0.4) is 0 Å². The number of para-hydroxylation sites is 2. The van der Waals surface area contributed by atoms with E-state index in [2.05, 4.69) is 15.4 Å². The first kappa shape index (κ1) is 21.0. The summed E-state index contributed by atoms with van der Waals surface area (Å²) in [6, 6.07) is 19.2. The van der Waals surface area contributed by atoms with Gasteiger partial charge in [-0.2, -0.15) is 5.10 Å². The molecular weight excluding hydrogens is 404 g/mol. The van der Waals surface area contributed by atoms with Crippen molar-refractivity contribution in [2.75, 3.05) is 11.9 Å². The number of benzene rings is 2. The number of ether oxygens (including phenoxy) is 1. The summed E-state index contributed by atoms with van der Waals surface area (Å²) in [5.74, 6) is -1.04. The molecule has 7 nitrogen and oxygen atoms in total. The number of hydrogen-bond donors (Lipinski definition) is 1. The molecule has 0 bridgehead atoms. The van der Waals surface area contributed by atoms with Crippen LogP contribution in [0.15, 0.2) is 72.9 Å². The van der Waals surface area contributed by atoms with Gasteiger partial charge in [-0.05, 0) is 38.1 Å². The molecule has 2 aromatic carbocycles. The van der Waals surface area contributed by atoms with Crippen molar-refractivity contribution in [3.63, 3.8) is 0 Å². The third kappa shape index (κ3) is 4.57. The molecule has 0 unspecified atom stereocenters. The highest BCUT2D eigenvalue weighted by atomic mass is 16.5. The standard InChI is InChI=1S/C25H22N4O3/c1-17-24(18(2)29(28-17)21-11-4-3-5-12-21)27-22(30)16-32-23(31)14-13-20-9-6-8-19-10-7-15-26-25(19)20/h3-15H,16H2,1-2H3,(H,27,30)/b14-13+. The number of fused-ring (bicyclic) bond motifs is 1. The van der Waals surface area contributed by atoms with Crippen molar-refractivity contribution in [1.82, 2.24) is 14.8 Å². The number of nitrogens with one attached hydrogen (secondary N) is 1. The maximum absolute atomic E-state index is 12.4. The molecule has 0 aliphatic rings. The van der Waals surface area contributed by atoms with Crippen LogP contribution in [0.25, 0.3) is 22.7 Å². The monoisotopic (exact) mass is 426 g/mol. The van der Waals surface area contributed by atoms with Gasteiger partial charge in [-0.3, -0.25) is 9.78 Å². The van der Waals surface area contributed by atoms with Gasteiger partial charge in [-0.15, -0.1) is 0 Å². The summed E-state index contributed by atoms with van der Waals surface area (Å²) in [5.41, 5.74) is 4.55. The number of carbonyl (C=O) groups excluding carboxylic acids is 2. The fourth-order valence-corrected chi connectivity index (χ4v) is 3.42. The maximum atomic E-state index is 12.4. The van der Waals surface area contributed by atoms with Crippen molar-refractivity contribution in [2.24, 2.45) is 0 Å². The van der Waals surface area contributed by atoms with E-state index in [0.29, 0.717) is 11.4 Å². The molecule has 0 aliphatic heterocycles. The normalized spacial score (nSPS) is 11.1. The third-order valence-electron chi connectivity index (χ3n) is 4.96. The molecule has 0 fully saturated rings. The first-order valence-corrected chi connectivity index (χ1v) is 10.1. The van der Waals surface area contributed by atoms with Gasteiger partial charge < -0.3 is 10.1 Å². The SMILES string of the molecule is Cc1nn(-c2ccccc2)c(C)c1NC(=O)COC(=O)/C=C/c1cccc2cccnc12. The summed E-state index contributed by atoms with van der Waals surface area (Å²) in [6.45, 7) is 3.29. The summed E-state index contributed by atoms with van der Waals surface area (Å²) in [7, 11) is 0. The minimum Gasteiger partial charge on any atom is -0.452 e. The molecular formula is C25H22N4O3. The van der Waals surface area contributed by atoms with E-state index in [4.69, 9.17) is 4.74 Å². The second-order valence-corrected chi connectivity index (χ2v) is 7.20. The lowest BCUT2D eigenvalue weighted by atomic mass is 10.1. The lowest BCUT2D eigenvalue weighted by molar-refractivity contribution is -0.142. The Bertz CT molecular complexity index is 1300. The highest BCUT2D eigenvalue weighted by Gasteiger charge is 2.16. The molecule has 0 saturated heterocycles. The minimum atomic E-state index is -0.610. The van der Waals surface area contributed by atoms with E-state index < -0.39 is 18.5 Å². The lowest BCUT2D eigenvalue weighted by Gasteiger charge is -2.07. The molecule has 2 aromatic heterocycles. The molecule has 0 radical (unpaired) electrons. The van der Waals surface area contributed by atoms with Crippen LogP contribution in [0.5, 0.6) is 0 Å². The second kappa shape index (κ2) is 9.26. The Morgan fingerprint density at radius 1 is 1.03 bits per heavy atom. The van der Waals surface area contributed by atoms with Crippen LogP contribution in [0, 0.1) is 13.8 Å². The number of esters is 1. The van der Waals surface area contributed by atoms with E-state index in [-0.39, 0.29) is 0 Å². The van der Waals surface area contributed by atoms with Gasteiger partial charge in [0.2, 0.25) is 0 Å². The number of carbonyl (C=O) groups is 2. The fourth-order valence-electron chi connectivity index (χ4n) is 3.42. The van der Waals surface area contributed by atoms with Crippen LogP contribution in [0.1, 0.15) is 17.0 Å². The molecule has 0 atom stereocenters. The molecule has 1 amide bonds. The van der Waals surface area contributed by atoms with Gasteiger partial charge in [0.05, 0.1) is 28.3 Å². The maximum Gasteiger partial charge on any atom is 0.331 e. The number of nitrogens with zero attached hydrogens (tertiary/aromatic N) is 3. The Balaban J connectivity index is 1.38. The van der Waals surface area contributed by atoms with Crippen LogP contribution in [-0.2, 0) is 14.3 Å². The third-order valence-corrected chi connectivity index (χ3v) is 4.96. The molecule has 1 N–H and O–H groups in total. The first-order chi connectivity index (χ1) is 15.5. The first-order valence-electron chi connectivity index (χ1n) is 10.1. The molecule has 160 valence electrons. The Kier molecular flexibility index (Phi) is 6.07. The largest absolute Gasteiger partial charge is 0.452 e. The summed E-state index contributed by atoms with van der Waals surface area (Å²) in [6.07, 6.45) is 4.63. The van der Waals surface area contributed by atoms with Crippen molar-refractivity contribution in [1.29, 1.82) is 0 Å². The minimum absolute atomic E-state index is 0.396. The highest BCUT2D eigenvalue weighted by molar-refractivity contribution is 5.96. The van der Waals surface area contributed by atoms with Gasteiger partial charge in [0, 0.05) is 23.2 Å². The number of hydrogen-bond acceptors (Lipinski definition) is 5. The van der Waals surface area contributed by atoms with E-state index in [1.54, 1.807) is 17.0 Å². The summed E-state index contributed by atoms with van der Waals surface area (Å²) >= 11 is 0. The number of amides is 1. The van der Waals surface area contributed by atoms with E-state index in [9.17, 15) is 9.59 Å². The van der Waals surface area contributed by atoms with Crippen LogP contribution in [-0.4, -0.2) is 33.2 Å². The Labute approximate surface area is 185 Å². The van der Waals surface area contributed by atoms with Crippen LogP contribution in [0.4, 0.5) is 5.69 Å². The molecule has 0 saturated carbocycles. The molecule has 4 rings (SSSR count). The highest BCUT2D eigenvalue weighted by Crippen LogP contribution is 2.22. The van der Waals surface area contributed by atoms with Crippen molar-refractivity contribution in [3.05, 3.63) is 89.9 Å². The second-order valence-electron chi connectivity index (χ2n) is 7.20. The van der Waals surface area contributed by atoms with E-state index >= 15 is 0 Å². The lowest BCUT2D eigenvalue weighted by Crippen LogP contribution is -2.20. The quantitative estimate of drug-likeness (QED) is 0.368. The molecule has 4 aromatic rings. The Morgan fingerprint density at radius 3 is 2.62 bits per heavy atom. The molecule has 32 heavy (non-hydrogen) atoms. The molecule has 7 heteroatoms. The van der Waals surface area contributed by atoms with Crippen molar-refractivity contribution >= 4 is 34.5 Å². The number of aryl methyl sites for hydroxylation is 1. The molecule has 2 heterocycles. The predicted molar refractivity (Wildman–Crippen MR) is 123 cm³/mol. The fraction of sp³-hybridized carbons (Fsp3) is 0.120. The zero-order chi connectivity index (χ0) is 22.5. The van der Waals surface area contributed by atoms with E-state index in [1.807, 2.05) is 74.5 Å². The summed E-state index contributed by atoms with van der Waals surface area (Å²) in [5, 5.41) is 8.26. The smallest absolute Gasteiger partial charge is 0.331 e. The van der Waals surface area contributed by atoms with Crippen LogP contribution in [0.2, 0.25) is 0 Å².